The van der Waals surface area contributed by atoms with Crippen molar-refractivity contribution < 1.29 is 9.90 Å². The fourth-order valence-corrected chi connectivity index (χ4v) is 2.33. The molecule has 2 atom stereocenters. The largest absolute Gasteiger partial charge is 0.481 e. The predicted octanol–water partition coefficient (Wildman–Crippen LogP) is 3.29. The topological polar surface area (TPSA) is 37.3 Å². The van der Waals surface area contributed by atoms with Crippen molar-refractivity contribution in [1.29, 1.82) is 0 Å². The Bertz CT molecular complexity index is 392. The summed E-state index contributed by atoms with van der Waals surface area (Å²) in [5, 5.41) is 9.45. The molecule has 14 heavy (non-hydrogen) atoms. The standard InChI is InChI=1S/C10H8BrClO2/c11-9-2-1-5(12)3-7(9)6-4-8(6)10(13)14/h1-3,6,8H,4H2,(H,13,14)/t6-,8+/m0/s1. The van der Waals surface area contributed by atoms with Crippen LogP contribution in [0.25, 0.3) is 0 Å². The maximum atomic E-state index is 10.7. The van der Waals surface area contributed by atoms with Gasteiger partial charge in [-0.25, -0.2) is 0 Å². The summed E-state index contributed by atoms with van der Waals surface area (Å²) in [6, 6.07) is 5.47. The molecule has 0 radical (unpaired) electrons. The first kappa shape index (κ1) is 9.99. The van der Waals surface area contributed by atoms with Crippen molar-refractivity contribution in [2.24, 2.45) is 5.92 Å². The van der Waals surface area contributed by atoms with Gasteiger partial charge in [0.25, 0.3) is 0 Å². The molecule has 0 heterocycles. The lowest BCUT2D eigenvalue weighted by Gasteiger charge is -2.02. The van der Waals surface area contributed by atoms with E-state index in [1.165, 1.54) is 0 Å². The summed E-state index contributed by atoms with van der Waals surface area (Å²) in [6.45, 7) is 0. The molecule has 1 N–H and O–H groups in total. The highest BCUT2D eigenvalue weighted by molar-refractivity contribution is 9.10. The van der Waals surface area contributed by atoms with E-state index in [1.807, 2.05) is 12.1 Å². The monoisotopic (exact) mass is 274 g/mol. The van der Waals surface area contributed by atoms with E-state index in [1.54, 1.807) is 6.07 Å². The lowest BCUT2D eigenvalue weighted by molar-refractivity contribution is -0.138. The Morgan fingerprint density at radius 3 is 2.86 bits per heavy atom. The average Bonchev–Trinajstić information content (AvgIpc) is 2.88. The molecule has 2 rings (SSSR count). The molecule has 0 aliphatic heterocycles. The first-order valence-corrected chi connectivity index (χ1v) is 5.44. The van der Waals surface area contributed by atoms with Crippen LogP contribution in [0.15, 0.2) is 22.7 Å². The number of carboxylic acid groups (broad SMARTS) is 1. The highest BCUT2D eigenvalue weighted by Gasteiger charge is 2.44. The van der Waals surface area contributed by atoms with Crippen LogP contribution in [0.2, 0.25) is 5.02 Å². The third-order valence-corrected chi connectivity index (χ3v) is 3.42. The van der Waals surface area contributed by atoms with Gasteiger partial charge in [0.2, 0.25) is 0 Å². The van der Waals surface area contributed by atoms with Gasteiger partial charge in [-0.05, 0) is 36.1 Å². The Balaban J connectivity index is 2.26. The van der Waals surface area contributed by atoms with E-state index in [0.29, 0.717) is 11.4 Å². The molecule has 1 aromatic carbocycles. The number of hydrogen-bond acceptors (Lipinski definition) is 1. The highest BCUT2D eigenvalue weighted by Crippen LogP contribution is 2.50. The summed E-state index contributed by atoms with van der Waals surface area (Å²) >= 11 is 9.24. The van der Waals surface area contributed by atoms with Crippen molar-refractivity contribution in [2.45, 2.75) is 12.3 Å². The summed E-state index contributed by atoms with van der Waals surface area (Å²) in [5.41, 5.74) is 1.00. The van der Waals surface area contributed by atoms with Crippen molar-refractivity contribution in [3.05, 3.63) is 33.3 Å². The van der Waals surface area contributed by atoms with Crippen molar-refractivity contribution in [2.75, 3.05) is 0 Å². The van der Waals surface area contributed by atoms with E-state index >= 15 is 0 Å². The smallest absolute Gasteiger partial charge is 0.307 e. The van der Waals surface area contributed by atoms with Crippen LogP contribution in [0.5, 0.6) is 0 Å². The third-order valence-electron chi connectivity index (χ3n) is 2.47. The normalized spacial score (nSPS) is 24.7. The van der Waals surface area contributed by atoms with E-state index in [9.17, 15) is 4.79 Å². The number of halogens is 2. The average molecular weight is 276 g/mol. The Hall–Kier alpha value is -0.540. The predicted molar refractivity (Wildman–Crippen MR) is 57.6 cm³/mol. The van der Waals surface area contributed by atoms with Gasteiger partial charge in [0.1, 0.15) is 0 Å². The second-order valence-electron chi connectivity index (χ2n) is 3.45. The van der Waals surface area contributed by atoms with Crippen molar-refractivity contribution in [1.82, 2.24) is 0 Å². The fraction of sp³-hybridized carbons (Fsp3) is 0.300. The van der Waals surface area contributed by atoms with E-state index < -0.39 is 5.97 Å². The van der Waals surface area contributed by atoms with E-state index in [2.05, 4.69) is 15.9 Å². The van der Waals surface area contributed by atoms with Crippen molar-refractivity contribution in [3.63, 3.8) is 0 Å². The molecule has 0 aromatic heterocycles. The Kier molecular flexibility index (Phi) is 2.54. The molecular weight excluding hydrogens is 267 g/mol. The molecule has 4 heteroatoms. The molecule has 0 unspecified atom stereocenters. The molecule has 1 saturated carbocycles. The van der Waals surface area contributed by atoms with Crippen molar-refractivity contribution in [3.8, 4) is 0 Å². The zero-order valence-corrected chi connectivity index (χ0v) is 9.55. The van der Waals surface area contributed by atoms with E-state index in [-0.39, 0.29) is 11.8 Å². The minimum Gasteiger partial charge on any atom is -0.481 e. The zero-order valence-electron chi connectivity index (χ0n) is 7.21. The number of rotatable bonds is 2. The molecule has 1 fully saturated rings. The minimum absolute atomic E-state index is 0.126. The van der Waals surface area contributed by atoms with Crippen molar-refractivity contribution >= 4 is 33.5 Å². The summed E-state index contributed by atoms with van der Waals surface area (Å²) in [5.74, 6) is -0.827. The number of benzene rings is 1. The van der Waals surface area contributed by atoms with Gasteiger partial charge < -0.3 is 5.11 Å². The lowest BCUT2D eigenvalue weighted by atomic mass is 10.1. The molecule has 0 bridgehead atoms. The van der Waals surface area contributed by atoms with Crippen LogP contribution < -0.4 is 0 Å². The quantitative estimate of drug-likeness (QED) is 0.899. The Morgan fingerprint density at radius 2 is 2.29 bits per heavy atom. The molecule has 1 aliphatic carbocycles. The first-order chi connectivity index (χ1) is 6.59. The van der Waals surface area contributed by atoms with Gasteiger partial charge >= 0.3 is 5.97 Å². The summed E-state index contributed by atoms with van der Waals surface area (Å²) in [4.78, 5) is 10.7. The van der Waals surface area contributed by atoms with Gasteiger partial charge in [-0.3, -0.25) is 4.79 Å². The summed E-state index contributed by atoms with van der Waals surface area (Å²) in [6.07, 6.45) is 0.717. The highest BCUT2D eigenvalue weighted by atomic mass is 79.9. The molecule has 0 spiro atoms. The lowest BCUT2D eigenvalue weighted by Crippen LogP contribution is -1.99. The van der Waals surface area contributed by atoms with Crippen LogP contribution in [-0.4, -0.2) is 11.1 Å². The van der Waals surface area contributed by atoms with Crippen LogP contribution in [0.1, 0.15) is 17.9 Å². The Labute approximate surface area is 95.0 Å². The van der Waals surface area contributed by atoms with Gasteiger partial charge in [-0.15, -0.1) is 0 Å². The number of aliphatic carboxylic acids is 1. The van der Waals surface area contributed by atoms with Gasteiger partial charge in [0.05, 0.1) is 5.92 Å². The van der Waals surface area contributed by atoms with E-state index in [4.69, 9.17) is 16.7 Å². The fourth-order valence-electron chi connectivity index (χ4n) is 1.61. The van der Waals surface area contributed by atoms with Crippen LogP contribution in [0.3, 0.4) is 0 Å². The third kappa shape index (κ3) is 1.79. The molecule has 74 valence electrons. The Morgan fingerprint density at radius 1 is 1.57 bits per heavy atom. The first-order valence-electron chi connectivity index (χ1n) is 4.27. The molecule has 1 aliphatic rings. The van der Waals surface area contributed by atoms with E-state index in [0.717, 1.165) is 10.0 Å². The SMILES string of the molecule is O=C(O)[C@@H]1C[C@H]1c1cc(Cl)ccc1Br. The van der Waals surface area contributed by atoms with Gasteiger partial charge in [0, 0.05) is 9.50 Å². The number of hydrogen-bond donors (Lipinski definition) is 1. The zero-order chi connectivity index (χ0) is 10.3. The number of carboxylic acids is 1. The molecular formula is C10H8BrClO2. The molecule has 0 saturated heterocycles. The summed E-state index contributed by atoms with van der Waals surface area (Å²) in [7, 11) is 0. The van der Waals surface area contributed by atoms with Gasteiger partial charge in [0.15, 0.2) is 0 Å². The minimum atomic E-state index is -0.720. The second-order valence-corrected chi connectivity index (χ2v) is 4.74. The maximum Gasteiger partial charge on any atom is 0.307 e. The second kappa shape index (κ2) is 3.55. The van der Waals surface area contributed by atoms with Crippen LogP contribution in [-0.2, 0) is 4.79 Å². The summed E-state index contributed by atoms with van der Waals surface area (Å²) < 4.78 is 0.940. The molecule has 2 nitrogen and oxygen atoms in total. The van der Waals surface area contributed by atoms with Crippen LogP contribution >= 0.6 is 27.5 Å². The number of carbonyl (C=O) groups is 1. The van der Waals surface area contributed by atoms with Gasteiger partial charge in [-0.1, -0.05) is 27.5 Å². The molecule has 0 amide bonds. The van der Waals surface area contributed by atoms with Gasteiger partial charge in [-0.2, -0.15) is 0 Å². The van der Waals surface area contributed by atoms with Crippen LogP contribution in [0.4, 0.5) is 0 Å². The maximum absolute atomic E-state index is 10.7. The van der Waals surface area contributed by atoms with Crippen LogP contribution in [0, 0.1) is 5.92 Å². The molecule has 1 aromatic rings.